The van der Waals surface area contributed by atoms with E-state index in [1.165, 1.54) is 18.2 Å². The Kier molecular flexibility index (Phi) is 6.11. The van der Waals surface area contributed by atoms with Crippen molar-refractivity contribution in [2.75, 3.05) is 6.61 Å². The number of carbonyl (C=O) groups excluding carboxylic acids is 3. The molecule has 120 valence electrons. The van der Waals surface area contributed by atoms with Gasteiger partial charge in [0.05, 0.1) is 6.04 Å². The molecular weight excluding hydrogens is 295 g/mol. The molecule has 9 heteroatoms. The van der Waals surface area contributed by atoms with Gasteiger partial charge in [-0.3, -0.25) is 9.59 Å². The van der Waals surface area contributed by atoms with Crippen LogP contribution in [0.15, 0.2) is 24.3 Å². The average Bonchev–Trinajstić information content (AvgIpc) is 2.43. The van der Waals surface area contributed by atoms with Crippen LogP contribution in [0.25, 0.3) is 0 Å². The highest BCUT2D eigenvalue weighted by Crippen LogP contribution is 2.15. The number of urea groups is 1. The third-order valence-corrected chi connectivity index (χ3v) is 2.55. The van der Waals surface area contributed by atoms with Crippen LogP contribution in [0, 0.1) is 5.82 Å². The second kappa shape index (κ2) is 7.81. The number of hydrogen-bond donors (Lipinski definition) is 4. The van der Waals surface area contributed by atoms with Crippen molar-refractivity contribution in [1.29, 1.82) is 0 Å². The predicted molar refractivity (Wildman–Crippen MR) is 75.2 cm³/mol. The van der Waals surface area contributed by atoms with Gasteiger partial charge in [0.1, 0.15) is 6.61 Å². The van der Waals surface area contributed by atoms with Gasteiger partial charge in [-0.05, 0) is 19.1 Å². The van der Waals surface area contributed by atoms with Gasteiger partial charge in [0.2, 0.25) is 11.8 Å². The van der Waals surface area contributed by atoms with Gasteiger partial charge < -0.3 is 26.8 Å². The number of para-hydroxylation sites is 1. The van der Waals surface area contributed by atoms with E-state index < -0.39 is 35.7 Å². The molecule has 1 aromatic carbocycles. The van der Waals surface area contributed by atoms with Gasteiger partial charge in [-0.15, -0.1) is 0 Å². The summed E-state index contributed by atoms with van der Waals surface area (Å²) in [5.74, 6) is -2.62. The Morgan fingerprint density at radius 3 is 2.32 bits per heavy atom. The van der Waals surface area contributed by atoms with Crippen molar-refractivity contribution in [2.24, 2.45) is 11.5 Å². The lowest BCUT2D eigenvalue weighted by Gasteiger charge is -2.17. The molecule has 0 aliphatic rings. The van der Waals surface area contributed by atoms with Crippen molar-refractivity contribution in [2.45, 2.75) is 19.0 Å². The van der Waals surface area contributed by atoms with Gasteiger partial charge in [0.15, 0.2) is 17.6 Å². The van der Waals surface area contributed by atoms with Crippen LogP contribution in [0.4, 0.5) is 9.18 Å². The quantitative estimate of drug-likeness (QED) is 0.491. The molecule has 0 aliphatic heterocycles. The number of nitrogens with two attached hydrogens (primary N) is 2. The Labute approximate surface area is 126 Å². The number of nitrogens with one attached hydrogen (secondary N) is 2. The smallest absolute Gasteiger partial charge is 0.316 e. The average molecular weight is 312 g/mol. The molecule has 0 aliphatic carbocycles. The molecule has 0 bridgehead atoms. The predicted octanol–water partition coefficient (Wildman–Crippen LogP) is -0.769. The first-order valence-electron chi connectivity index (χ1n) is 6.34. The fraction of sp³-hybridized carbons (Fsp3) is 0.308. The summed E-state index contributed by atoms with van der Waals surface area (Å²) < 4.78 is 18.5. The molecule has 0 saturated carbocycles. The van der Waals surface area contributed by atoms with Crippen LogP contribution in [-0.2, 0) is 9.59 Å². The zero-order valence-electron chi connectivity index (χ0n) is 11.8. The lowest BCUT2D eigenvalue weighted by molar-refractivity contribution is -0.128. The summed E-state index contributed by atoms with van der Waals surface area (Å²) in [5, 5.41) is 4.42. The highest BCUT2D eigenvalue weighted by Gasteiger charge is 2.24. The first-order chi connectivity index (χ1) is 10.3. The van der Waals surface area contributed by atoms with Crippen molar-refractivity contribution in [1.82, 2.24) is 10.6 Å². The van der Waals surface area contributed by atoms with E-state index >= 15 is 0 Å². The number of rotatable bonds is 7. The molecule has 0 fully saturated rings. The van der Waals surface area contributed by atoms with E-state index in [0.717, 1.165) is 0 Å². The summed E-state index contributed by atoms with van der Waals surface area (Å²) in [6, 6.07) is 2.84. The second-order valence-corrected chi connectivity index (χ2v) is 4.50. The van der Waals surface area contributed by atoms with Crippen molar-refractivity contribution in [3.8, 4) is 5.75 Å². The molecule has 0 aromatic heterocycles. The van der Waals surface area contributed by atoms with Gasteiger partial charge in [-0.2, -0.15) is 0 Å². The Balaban J connectivity index is 2.46. The van der Waals surface area contributed by atoms with Gasteiger partial charge in [-0.25, -0.2) is 9.18 Å². The van der Waals surface area contributed by atoms with Crippen molar-refractivity contribution in [3.05, 3.63) is 30.1 Å². The minimum Gasteiger partial charge on any atom is -0.488 e. The third-order valence-electron chi connectivity index (χ3n) is 2.55. The molecule has 22 heavy (non-hydrogen) atoms. The number of ether oxygens (including phenoxy) is 1. The lowest BCUT2D eigenvalue weighted by atomic mass is 10.2. The Hall–Kier alpha value is -2.84. The first kappa shape index (κ1) is 17.2. The molecule has 0 heterocycles. The van der Waals surface area contributed by atoms with Crippen molar-refractivity contribution >= 4 is 17.8 Å². The minimum atomic E-state index is -1.61. The molecule has 6 N–H and O–H groups in total. The maximum absolute atomic E-state index is 13.3. The van der Waals surface area contributed by atoms with E-state index in [0.29, 0.717) is 0 Å². The maximum Gasteiger partial charge on any atom is 0.316 e. The van der Waals surface area contributed by atoms with Crippen LogP contribution >= 0.6 is 0 Å². The Bertz CT molecular complexity index is 553. The molecule has 0 saturated heterocycles. The molecule has 1 aromatic rings. The summed E-state index contributed by atoms with van der Waals surface area (Å²) in [7, 11) is 0. The Morgan fingerprint density at radius 2 is 1.77 bits per heavy atom. The van der Waals surface area contributed by atoms with Crippen LogP contribution in [0.2, 0.25) is 0 Å². The zero-order chi connectivity index (χ0) is 16.7. The number of halogens is 1. The van der Waals surface area contributed by atoms with Crippen molar-refractivity contribution in [3.63, 3.8) is 0 Å². The number of primary amides is 2. The van der Waals surface area contributed by atoms with Crippen LogP contribution in [0.5, 0.6) is 5.75 Å². The van der Waals surface area contributed by atoms with E-state index in [9.17, 15) is 18.8 Å². The van der Waals surface area contributed by atoms with Crippen LogP contribution in [0.3, 0.4) is 0 Å². The van der Waals surface area contributed by atoms with Crippen molar-refractivity contribution < 1.29 is 23.5 Å². The molecule has 0 radical (unpaired) electrons. The number of carbonyl (C=O) groups is 3. The summed E-state index contributed by atoms with van der Waals surface area (Å²) in [6.45, 7) is 1.57. The second-order valence-electron chi connectivity index (χ2n) is 4.50. The summed E-state index contributed by atoms with van der Waals surface area (Å²) in [6.07, 6.45) is 0. The molecule has 8 nitrogen and oxygen atoms in total. The summed E-state index contributed by atoms with van der Waals surface area (Å²) in [4.78, 5) is 33.4. The molecule has 1 atom stereocenters. The number of hydrogen-bond acceptors (Lipinski definition) is 4. The molecule has 1 rings (SSSR count). The summed E-state index contributed by atoms with van der Waals surface area (Å²) in [5.41, 5.74) is 9.84. The monoisotopic (exact) mass is 312 g/mol. The van der Waals surface area contributed by atoms with E-state index in [4.69, 9.17) is 16.2 Å². The standard InChI is InChI=1S/C13H17FN4O4/c1-7(6-22-9-5-3-2-4-8(9)14)17-13(21)18-10(11(15)19)12(16)20/h2-5,7,10H,6H2,1H3,(H2,15,19)(H2,16,20)(H2,17,18,21). The van der Waals surface area contributed by atoms with E-state index in [1.807, 2.05) is 5.32 Å². The van der Waals surface area contributed by atoms with Crippen LogP contribution in [-0.4, -0.2) is 36.5 Å². The number of amides is 4. The molecular formula is C13H17FN4O4. The van der Waals surface area contributed by atoms with Crippen LogP contribution in [0.1, 0.15) is 6.92 Å². The highest BCUT2D eigenvalue weighted by atomic mass is 19.1. The SMILES string of the molecule is CC(COc1ccccc1F)NC(=O)NC(C(N)=O)C(N)=O. The van der Waals surface area contributed by atoms with Gasteiger partial charge in [0, 0.05) is 0 Å². The minimum absolute atomic E-state index is 0.0217. The lowest BCUT2D eigenvalue weighted by Crippen LogP contribution is -2.56. The fourth-order valence-electron chi connectivity index (χ4n) is 1.50. The largest absolute Gasteiger partial charge is 0.488 e. The molecule has 4 amide bonds. The number of benzene rings is 1. The van der Waals surface area contributed by atoms with E-state index in [-0.39, 0.29) is 12.4 Å². The Morgan fingerprint density at radius 1 is 1.18 bits per heavy atom. The topological polar surface area (TPSA) is 137 Å². The fourth-order valence-corrected chi connectivity index (χ4v) is 1.50. The van der Waals surface area contributed by atoms with Gasteiger partial charge in [-0.1, -0.05) is 12.1 Å². The van der Waals surface area contributed by atoms with Gasteiger partial charge >= 0.3 is 6.03 Å². The summed E-state index contributed by atoms with van der Waals surface area (Å²) >= 11 is 0. The van der Waals surface area contributed by atoms with Gasteiger partial charge in [0.25, 0.3) is 0 Å². The molecule has 0 spiro atoms. The van der Waals surface area contributed by atoms with E-state index in [2.05, 4.69) is 5.32 Å². The zero-order valence-corrected chi connectivity index (χ0v) is 11.8. The maximum atomic E-state index is 13.3. The van der Waals surface area contributed by atoms with E-state index in [1.54, 1.807) is 13.0 Å². The molecule has 1 unspecified atom stereocenters. The third kappa shape index (κ3) is 5.27. The first-order valence-corrected chi connectivity index (χ1v) is 6.34. The normalized spacial score (nSPS) is 11.6. The highest BCUT2D eigenvalue weighted by molar-refractivity contribution is 6.05. The van der Waals surface area contributed by atoms with Crippen LogP contribution < -0.4 is 26.8 Å².